The largest absolute Gasteiger partial charge is 0.481 e. The molecular weight excluding hydrogens is 228 g/mol. The van der Waals surface area contributed by atoms with Crippen molar-refractivity contribution in [3.05, 3.63) is 23.9 Å². The van der Waals surface area contributed by atoms with E-state index >= 15 is 0 Å². The average Bonchev–Trinajstić information content (AvgIpc) is 2.46. The highest BCUT2D eigenvalue weighted by Crippen LogP contribution is 2.18. The Hall–Kier alpha value is -1.13. The molecule has 1 N–H and O–H groups in total. The van der Waals surface area contributed by atoms with E-state index in [9.17, 15) is 0 Å². The van der Waals surface area contributed by atoms with Gasteiger partial charge in [-0.2, -0.15) is 0 Å². The zero-order chi connectivity index (χ0) is 12.8. The Labute approximate surface area is 109 Å². The average molecular weight is 250 g/mol. The van der Waals surface area contributed by atoms with Crippen molar-refractivity contribution in [2.45, 2.75) is 32.4 Å². The normalized spacial score (nSPS) is 18.6. The molecule has 2 heterocycles. The Balaban J connectivity index is 1.82. The topological polar surface area (TPSA) is 43.4 Å². The molecule has 18 heavy (non-hydrogen) atoms. The van der Waals surface area contributed by atoms with E-state index in [1.807, 2.05) is 18.2 Å². The quantitative estimate of drug-likeness (QED) is 0.868. The van der Waals surface area contributed by atoms with Gasteiger partial charge < -0.3 is 14.8 Å². The minimum atomic E-state index is 0.502. The Morgan fingerprint density at radius 1 is 1.44 bits per heavy atom. The summed E-state index contributed by atoms with van der Waals surface area (Å²) in [6.45, 7) is 4.83. The smallest absolute Gasteiger partial charge is 0.213 e. The maximum atomic E-state index is 5.39. The fraction of sp³-hybridized carbons (Fsp3) is 0.643. The van der Waals surface area contributed by atoms with Crippen LogP contribution in [0.4, 0.5) is 0 Å². The SMILES string of the molecule is COc1cccc(CNC(C)C2CCOCC2)n1. The lowest BCUT2D eigenvalue weighted by atomic mass is 9.93. The molecule has 1 atom stereocenters. The molecule has 4 nitrogen and oxygen atoms in total. The molecule has 1 aliphatic rings. The lowest BCUT2D eigenvalue weighted by molar-refractivity contribution is 0.0557. The Kier molecular flexibility index (Phi) is 4.96. The summed E-state index contributed by atoms with van der Waals surface area (Å²) in [6.07, 6.45) is 2.30. The first-order valence-corrected chi connectivity index (χ1v) is 6.60. The molecule has 2 rings (SSSR count). The molecule has 1 fully saturated rings. The Morgan fingerprint density at radius 3 is 2.94 bits per heavy atom. The molecule has 4 heteroatoms. The summed E-state index contributed by atoms with van der Waals surface area (Å²) in [6, 6.07) is 6.36. The predicted octanol–water partition coefficient (Wildman–Crippen LogP) is 1.99. The van der Waals surface area contributed by atoms with Crippen LogP contribution in [0.15, 0.2) is 18.2 Å². The third kappa shape index (κ3) is 3.68. The monoisotopic (exact) mass is 250 g/mol. The van der Waals surface area contributed by atoms with Gasteiger partial charge in [0.15, 0.2) is 0 Å². The number of rotatable bonds is 5. The van der Waals surface area contributed by atoms with E-state index in [4.69, 9.17) is 9.47 Å². The van der Waals surface area contributed by atoms with Crippen LogP contribution in [0.3, 0.4) is 0 Å². The van der Waals surface area contributed by atoms with Gasteiger partial charge in [-0.1, -0.05) is 6.07 Å². The molecule has 1 aromatic heterocycles. The van der Waals surface area contributed by atoms with Gasteiger partial charge in [-0.15, -0.1) is 0 Å². The standard InChI is InChI=1S/C14H22N2O2/c1-11(12-6-8-18-9-7-12)15-10-13-4-3-5-14(16-13)17-2/h3-5,11-12,15H,6-10H2,1-2H3. The molecule has 1 aromatic rings. The summed E-state index contributed by atoms with van der Waals surface area (Å²) in [5.74, 6) is 1.39. The zero-order valence-electron chi connectivity index (χ0n) is 11.2. The lowest BCUT2D eigenvalue weighted by Crippen LogP contribution is -2.36. The van der Waals surface area contributed by atoms with Gasteiger partial charge in [0, 0.05) is 31.9 Å². The van der Waals surface area contributed by atoms with E-state index < -0.39 is 0 Å². The summed E-state index contributed by atoms with van der Waals surface area (Å²) < 4.78 is 10.5. The molecule has 1 aliphatic heterocycles. The van der Waals surface area contributed by atoms with Gasteiger partial charge in [0.25, 0.3) is 0 Å². The van der Waals surface area contributed by atoms with Crippen LogP contribution in [0, 0.1) is 5.92 Å². The van der Waals surface area contributed by atoms with E-state index in [0.717, 1.165) is 38.3 Å². The molecule has 0 saturated carbocycles. The summed E-state index contributed by atoms with van der Waals surface area (Å²) >= 11 is 0. The highest BCUT2D eigenvalue weighted by molar-refractivity contribution is 5.15. The second-order valence-electron chi connectivity index (χ2n) is 4.79. The number of hydrogen-bond acceptors (Lipinski definition) is 4. The van der Waals surface area contributed by atoms with E-state index in [1.165, 1.54) is 0 Å². The van der Waals surface area contributed by atoms with E-state index in [2.05, 4.69) is 17.2 Å². The summed E-state index contributed by atoms with van der Waals surface area (Å²) in [5, 5.41) is 3.55. The van der Waals surface area contributed by atoms with Gasteiger partial charge in [-0.25, -0.2) is 4.98 Å². The molecule has 0 aromatic carbocycles. The molecule has 1 unspecified atom stereocenters. The number of aromatic nitrogens is 1. The van der Waals surface area contributed by atoms with Gasteiger partial charge >= 0.3 is 0 Å². The van der Waals surface area contributed by atoms with Crippen molar-refractivity contribution in [2.24, 2.45) is 5.92 Å². The van der Waals surface area contributed by atoms with Crippen molar-refractivity contribution in [3.8, 4) is 5.88 Å². The van der Waals surface area contributed by atoms with Crippen LogP contribution in [0.5, 0.6) is 5.88 Å². The Morgan fingerprint density at radius 2 is 2.22 bits per heavy atom. The first kappa shape index (κ1) is 13.3. The highest BCUT2D eigenvalue weighted by atomic mass is 16.5. The first-order valence-electron chi connectivity index (χ1n) is 6.60. The number of pyridine rings is 1. The summed E-state index contributed by atoms with van der Waals surface area (Å²) in [7, 11) is 1.64. The van der Waals surface area contributed by atoms with Crippen molar-refractivity contribution in [3.63, 3.8) is 0 Å². The fourth-order valence-electron chi connectivity index (χ4n) is 2.32. The number of methoxy groups -OCH3 is 1. The summed E-state index contributed by atoms with van der Waals surface area (Å²) in [4.78, 5) is 4.40. The molecule has 0 amide bonds. The van der Waals surface area contributed by atoms with Crippen molar-refractivity contribution in [1.29, 1.82) is 0 Å². The van der Waals surface area contributed by atoms with Crippen LogP contribution in [-0.2, 0) is 11.3 Å². The van der Waals surface area contributed by atoms with Crippen LogP contribution in [0.2, 0.25) is 0 Å². The van der Waals surface area contributed by atoms with E-state index in [0.29, 0.717) is 17.8 Å². The van der Waals surface area contributed by atoms with Gasteiger partial charge in [0.05, 0.1) is 12.8 Å². The highest BCUT2D eigenvalue weighted by Gasteiger charge is 2.19. The second-order valence-corrected chi connectivity index (χ2v) is 4.79. The van der Waals surface area contributed by atoms with Gasteiger partial charge in [-0.3, -0.25) is 0 Å². The minimum absolute atomic E-state index is 0.502. The van der Waals surface area contributed by atoms with Crippen LogP contribution in [0.25, 0.3) is 0 Å². The van der Waals surface area contributed by atoms with Gasteiger partial charge in [-0.05, 0) is 31.7 Å². The van der Waals surface area contributed by atoms with Crippen LogP contribution in [-0.4, -0.2) is 31.3 Å². The maximum Gasteiger partial charge on any atom is 0.213 e. The molecule has 1 saturated heterocycles. The zero-order valence-corrected chi connectivity index (χ0v) is 11.2. The first-order chi connectivity index (χ1) is 8.79. The van der Waals surface area contributed by atoms with Crippen LogP contribution < -0.4 is 10.1 Å². The minimum Gasteiger partial charge on any atom is -0.481 e. The third-order valence-corrected chi connectivity index (χ3v) is 3.57. The van der Waals surface area contributed by atoms with Crippen LogP contribution in [0.1, 0.15) is 25.5 Å². The van der Waals surface area contributed by atoms with E-state index in [-0.39, 0.29) is 0 Å². The maximum absolute atomic E-state index is 5.39. The molecular formula is C14H22N2O2. The number of nitrogens with zero attached hydrogens (tertiary/aromatic N) is 1. The number of ether oxygens (including phenoxy) is 2. The van der Waals surface area contributed by atoms with E-state index in [1.54, 1.807) is 7.11 Å². The molecule has 0 bridgehead atoms. The molecule has 0 spiro atoms. The van der Waals surface area contributed by atoms with Crippen molar-refractivity contribution in [2.75, 3.05) is 20.3 Å². The van der Waals surface area contributed by atoms with Crippen LogP contribution >= 0.6 is 0 Å². The summed E-state index contributed by atoms with van der Waals surface area (Å²) in [5.41, 5.74) is 1.02. The van der Waals surface area contributed by atoms with Gasteiger partial charge in [0.1, 0.15) is 0 Å². The van der Waals surface area contributed by atoms with Crippen molar-refractivity contribution < 1.29 is 9.47 Å². The third-order valence-electron chi connectivity index (χ3n) is 3.57. The van der Waals surface area contributed by atoms with Gasteiger partial charge in [0.2, 0.25) is 5.88 Å². The molecule has 0 aliphatic carbocycles. The lowest BCUT2D eigenvalue weighted by Gasteiger charge is -2.28. The number of hydrogen-bond donors (Lipinski definition) is 1. The van der Waals surface area contributed by atoms with Crippen molar-refractivity contribution >= 4 is 0 Å². The second kappa shape index (κ2) is 6.71. The molecule has 100 valence electrons. The number of nitrogens with one attached hydrogen (secondary N) is 1. The predicted molar refractivity (Wildman–Crippen MR) is 70.6 cm³/mol. The van der Waals surface area contributed by atoms with Crippen molar-refractivity contribution in [1.82, 2.24) is 10.3 Å². The molecule has 0 radical (unpaired) electrons. The fourth-order valence-corrected chi connectivity index (χ4v) is 2.32. The Bertz CT molecular complexity index is 365.